The highest BCUT2D eigenvalue weighted by Crippen LogP contribution is 2.08. The first-order chi connectivity index (χ1) is 5.74. The van der Waals surface area contributed by atoms with Crippen LogP contribution < -0.4 is 0 Å². The van der Waals surface area contributed by atoms with E-state index in [4.69, 9.17) is 0 Å². The maximum Gasteiger partial charge on any atom is 0.151 e. The largest absolute Gasteiger partial charge is 0.298 e. The number of pyridine rings is 1. The average molecular weight is 163 g/mol. The van der Waals surface area contributed by atoms with Gasteiger partial charge in [-0.05, 0) is 24.5 Å². The topological polar surface area (TPSA) is 30.0 Å². The minimum absolute atomic E-state index is 0.540. The third kappa shape index (κ3) is 2.16. The van der Waals surface area contributed by atoms with Crippen LogP contribution in [-0.4, -0.2) is 11.3 Å². The van der Waals surface area contributed by atoms with Crippen LogP contribution in [0.1, 0.15) is 29.9 Å². The van der Waals surface area contributed by atoms with Crippen LogP contribution in [0.4, 0.5) is 0 Å². The molecule has 0 saturated heterocycles. The van der Waals surface area contributed by atoms with Gasteiger partial charge in [-0.2, -0.15) is 0 Å². The lowest BCUT2D eigenvalue weighted by Gasteiger charge is -2.05. The highest BCUT2D eigenvalue weighted by atomic mass is 16.1. The summed E-state index contributed by atoms with van der Waals surface area (Å²) in [6.07, 6.45) is 3.46. The Hall–Kier alpha value is -1.18. The van der Waals surface area contributed by atoms with Crippen molar-refractivity contribution in [3.63, 3.8) is 0 Å². The highest BCUT2D eigenvalue weighted by molar-refractivity contribution is 5.76. The molecule has 0 fully saturated rings. The van der Waals surface area contributed by atoms with Crippen LogP contribution in [0.5, 0.6) is 0 Å². The summed E-state index contributed by atoms with van der Waals surface area (Å²) in [6, 6.07) is 3.59. The molecule has 0 aromatic carbocycles. The first-order valence-electron chi connectivity index (χ1n) is 4.13. The van der Waals surface area contributed by atoms with E-state index in [1.54, 1.807) is 18.3 Å². The molecule has 0 aliphatic heterocycles. The summed E-state index contributed by atoms with van der Waals surface area (Å²) in [5.74, 6) is 0.540. The maximum absolute atomic E-state index is 10.6. The number of hydrogen-bond donors (Lipinski definition) is 0. The number of nitrogens with zero attached hydrogens (tertiary/aromatic N) is 1. The molecule has 0 unspecified atom stereocenters. The Labute approximate surface area is 72.6 Å². The summed E-state index contributed by atoms with van der Waals surface area (Å²) < 4.78 is 0. The molecule has 1 heterocycles. The van der Waals surface area contributed by atoms with E-state index in [-0.39, 0.29) is 0 Å². The molecule has 0 radical (unpaired) electrons. The first kappa shape index (κ1) is 8.91. The van der Waals surface area contributed by atoms with Crippen LogP contribution in [0.15, 0.2) is 18.3 Å². The van der Waals surface area contributed by atoms with Crippen LogP contribution in [-0.2, 0) is 6.42 Å². The molecule has 0 aliphatic rings. The van der Waals surface area contributed by atoms with Crippen molar-refractivity contribution in [2.24, 2.45) is 5.92 Å². The molecule has 0 atom stereocenters. The zero-order chi connectivity index (χ0) is 8.97. The lowest BCUT2D eigenvalue weighted by molar-refractivity contribution is 0.112. The van der Waals surface area contributed by atoms with Gasteiger partial charge < -0.3 is 0 Å². The van der Waals surface area contributed by atoms with E-state index in [1.807, 2.05) is 0 Å². The summed E-state index contributed by atoms with van der Waals surface area (Å²) in [5, 5.41) is 0. The molecule has 1 aromatic rings. The summed E-state index contributed by atoms with van der Waals surface area (Å²) in [6.45, 7) is 4.23. The maximum atomic E-state index is 10.6. The van der Waals surface area contributed by atoms with E-state index in [0.717, 1.165) is 18.4 Å². The Balaban J connectivity index is 2.89. The third-order valence-corrected chi connectivity index (χ3v) is 1.65. The number of aldehydes is 1. The van der Waals surface area contributed by atoms with E-state index < -0.39 is 0 Å². The zero-order valence-corrected chi connectivity index (χ0v) is 7.45. The van der Waals surface area contributed by atoms with Gasteiger partial charge in [-0.3, -0.25) is 9.78 Å². The van der Waals surface area contributed by atoms with Crippen molar-refractivity contribution in [1.29, 1.82) is 0 Å². The smallest absolute Gasteiger partial charge is 0.151 e. The lowest BCUT2D eigenvalue weighted by atomic mass is 10.0. The summed E-state index contributed by atoms with van der Waals surface area (Å²) >= 11 is 0. The minimum Gasteiger partial charge on any atom is -0.298 e. The molecule has 0 amide bonds. The second-order valence-corrected chi connectivity index (χ2v) is 3.26. The Morgan fingerprint density at radius 1 is 1.58 bits per heavy atom. The fourth-order valence-electron chi connectivity index (χ4n) is 1.11. The van der Waals surface area contributed by atoms with Gasteiger partial charge in [-0.15, -0.1) is 0 Å². The molecule has 0 bridgehead atoms. The molecule has 2 heteroatoms. The van der Waals surface area contributed by atoms with Gasteiger partial charge in [0.25, 0.3) is 0 Å². The van der Waals surface area contributed by atoms with Crippen LogP contribution in [0.2, 0.25) is 0 Å². The van der Waals surface area contributed by atoms with E-state index >= 15 is 0 Å². The van der Waals surface area contributed by atoms with Crippen molar-refractivity contribution in [2.75, 3.05) is 0 Å². The molecule has 0 spiro atoms. The molecule has 2 nitrogen and oxygen atoms in total. The molecular weight excluding hydrogens is 150 g/mol. The number of carbonyl (C=O) groups excluding carboxylic acids is 1. The van der Waals surface area contributed by atoms with Crippen molar-refractivity contribution in [3.8, 4) is 0 Å². The van der Waals surface area contributed by atoms with Crippen LogP contribution in [0.25, 0.3) is 0 Å². The van der Waals surface area contributed by atoms with Gasteiger partial charge in [-0.25, -0.2) is 0 Å². The van der Waals surface area contributed by atoms with E-state index in [1.165, 1.54) is 0 Å². The Kier molecular flexibility index (Phi) is 2.97. The monoisotopic (exact) mass is 163 g/mol. The molecule has 0 aliphatic carbocycles. The second kappa shape index (κ2) is 4.00. The molecular formula is C10H13NO. The predicted molar refractivity (Wildman–Crippen MR) is 48.2 cm³/mol. The first-order valence-corrected chi connectivity index (χ1v) is 4.13. The molecule has 0 saturated carbocycles. The van der Waals surface area contributed by atoms with Gasteiger partial charge in [-0.1, -0.05) is 13.8 Å². The Morgan fingerprint density at radius 2 is 2.33 bits per heavy atom. The van der Waals surface area contributed by atoms with Crippen molar-refractivity contribution in [2.45, 2.75) is 20.3 Å². The van der Waals surface area contributed by atoms with Crippen LogP contribution in [0, 0.1) is 5.92 Å². The van der Waals surface area contributed by atoms with E-state index in [0.29, 0.717) is 11.5 Å². The normalized spacial score (nSPS) is 10.2. The molecule has 64 valence electrons. The Morgan fingerprint density at radius 3 is 2.92 bits per heavy atom. The van der Waals surface area contributed by atoms with Crippen molar-refractivity contribution < 1.29 is 4.79 Å². The lowest BCUT2D eigenvalue weighted by Crippen LogP contribution is -2.01. The van der Waals surface area contributed by atoms with Gasteiger partial charge in [0.15, 0.2) is 6.29 Å². The van der Waals surface area contributed by atoms with E-state index in [9.17, 15) is 4.79 Å². The number of rotatable bonds is 3. The third-order valence-electron chi connectivity index (χ3n) is 1.65. The highest BCUT2D eigenvalue weighted by Gasteiger charge is 2.03. The van der Waals surface area contributed by atoms with Gasteiger partial charge in [0.1, 0.15) is 0 Å². The fraction of sp³-hybridized carbons (Fsp3) is 0.400. The van der Waals surface area contributed by atoms with Crippen molar-refractivity contribution in [3.05, 3.63) is 29.6 Å². The molecule has 0 N–H and O–H groups in total. The minimum atomic E-state index is 0.540. The average Bonchev–Trinajstić information content (AvgIpc) is 2.04. The van der Waals surface area contributed by atoms with Gasteiger partial charge in [0.05, 0.1) is 5.69 Å². The summed E-state index contributed by atoms with van der Waals surface area (Å²) in [7, 11) is 0. The van der Waals surface area contributed by atoms with Crippen molar-refractivity contribution in [1.82, 2.24) is 4.98 Å². The zero-order valence-electron chi connectivity index (χ0n) is 7.45. The molecule has 1 rings (SSSR count). The van der Waals surface area contributed by atoms with Gasteiger partial charge in [0, 0.05) is 11.8 Å². The van der Waals surface area contributed by atoms with Crippen LogP contribution >= 0.6 is 0 Å². The Bertz CT molecular complexity index is 268. The standard InChI is InChI=1S/C10H13NO/c1-8(2)6-10-9(7-12)4-3-5-11-10/h3-5,7-8H,6H2,1-2H3. The SMILES string of the molecule is CC(C)Cc1ncccc1C=O. The van der Waals surface area contributed by atoms with E-state index in [2.05, 4.69) is 18.8 Å². The van der Waals surface area contributed by atoms with Gasteiger partial charge >= 0.3 is 0 Å². The second-order valence-electron chi connectivity index (χ2n) is 3.26. The summed E-state index contributed by atoms with van der Waals surface area (Å²) in [4.78, 5) is 14.7. The number of carbonyl (C=O) groups is 1. The molecule has 1 aromatic heterocycles. The summed E-state index contributed by atoms with van der Waals surface area (Å²) in [5.41, 5.74) is 1.62. The van der Waals surface area contributed by atoms with Gasteiger partial charge in [0.2, 0.25) is 0 Å². The number of hydrogen-bond acceptors (Lipinski definition) is 2. The van der Waals surface area contributed by atoms with Crippen LogP contribution in [0.3, 0.4) is 0 Å². The number of aromatic nitrogens is 1. The quantitative estimate of drug-likeness (QED) is 0.639. The van der Waals surface area contributed by atoms with Crippen molar-refractivity contribution >= 4 is 6.29 Å². The fourth-order valence-corrected chi connectivity index (χ4v) is 1.11. The molecule has 12 heavy (non-hydrogen) atoms. The predicted octanol–water partition coefficient (Wildman–Crippen LogP) is 2.09.